The van der Waals surface area contributed by atoms with Crippen LogP contribution in [0.2, 0.25) is 5.02 Å². The van der Waals surface area contributed by atoms with Crippen molar-refractivity contribution in [2.75, 3.05) is 6.61 Å². The number of ether oxygens (including phenoxy) is 2. The molecular weight excluding hydrogens is 272 g/mol. The molecule has 2 rings (SSSR count). The molecule has 1 heterocycles. The van der Waals surface area contributed by atoms with Crippen LogP contribution in [0.4, 0.5) is 0 Å². The van der Waals surface area contributed by atoms with Gasteiger partial charge < -0.3 is 14.0 Å². The van der Waals surface area contributed by atoms with Crippen molar-refractivity contribution >= 4 is 17.6 Å². The van der Waals surface area contributed by atoms with Gasteiger partial charge in [0.25, 0.3) is 11.7 Å². The molecule has 0 aliphatic carbocycles. The Morgan fingerprint density at radius 3 is 2.79 bits per heavy atom. The van der Waals surface area contributed by atoms with Gasteiger partial charge in [-0.2, -0.15) is 4.98 Å². The van der Waals surface area contributed by atoms with Gasteiger partial charge in [-0.15, -0.1) is 0 Å². The predicted molar refractivity (Wildman–Crippen MR) is 66.0 cm³/mol. The summed E-state index contributed by atoms with van der Waals surface area (Å²) in [6.07, 6.45) is 0. The molecule has 19 heavy (non-hydrogen) atoms. The Bertz CT molecular complexity index is 553. The Kier molecular flexibility index (Phi) is 4.35. The number of hydrogen-bond acceptors (Lipinski definition) is 6. The van der Waals surface area contributed by atoms with Gasteiger partial charge in [-0.3, -0.25) is 0 Å². The molecule has 0 N–H and O–H groups in total. The van der Waals surface area contributed by atoms with Gasteiger partial charge >= 0.3 is 5.97 Å². The van der Waals surface area contributed by atoms with Crippen molar-refractivity contribution < 1.29 is 18.8 Å². The SMILES string of the molecule is CCOC(=O)c1noc(COc2ccc(Cl)cc2)n1. The molecule has 0 aliphatic rings. The molecule has 0 spiro atoms. The van der Waals surface area contributed by atoms with Crippen LogP contribution in [0.5, 0.6) is 5.75 Å². The smallest absolute Gasteiger partial charge is 0.379 e. The van der Waals surface area contributed by atoms with Gasteiger partial charge in [-0.05, 0) is 36.3 Å². The van der Waals surface area contributed by atoms with Gasteiger partial charge in [0.15, 0.2) is 6.61 Å². The summed E-state index contributed by atoms with van der Waals surface area (Å²) < 4.78 is 15.0. The third kappa shape index (κ3) is 3.69. The molecule has 0 atom stereocenters. The first-order valence-electron chi connectivity index (χ1n) is 5.57. The molecule has 1 aromatic heterocycles. The molecule has 1 aromatic carbocycles. The normalized spacial score (nSPS) is 10.2. The molecule has 0 fully saturated rings. The maximum absolute atomic E-state index is 11.3. The molecule has 0 unspecified atom stereocenters. The van der Waals surface area contributed by atoms with Crippen LogP contribution in [0.3, 0.4) is 0 Å². The lowest BCUT2D eigenvalue weighted by atomic mass is 10.3. The van der Waals surface area contributed by atoms with Crippen molar-refractivity contribution in [3.63, 3.8) is 0 Å². The third-order valence-corrected chi connectivity index (χ3v) is 2.35. The molecule has 0 amide bonds. The van der Waals surface area contributed by atoms with E-state index in [-0.39, 0.29) is 24.9 Å². The standard InChI is InChI=1S/C12H11ClN2O4/c1-2-17-12(16)11-14-10(19-15-11)7-18-9-5-3-8(13)4-6-9/h3-6H,2,7H2,1H3. The van der Waals surface area contributed by atoms with E-state index in [2.05, 4.69) is 10.1 Å². The summed E-state index contributed by atoms with van der Waals surface area (Å²) in [7, 11) is 0. The molecule has 2 aromatic rings. The van der Waals surface area contributed by atoms with Crippen LogP contribution in [0.15, 0.2) is 28.8 Å². The van der Waals surface area contributed by atoms with E-state index >= 15 is 0 Å². The van der Waals surface area contributed by atoms with E-state index in [9.17, 15) is 4.79 Å². The number of benzene rings is 1. The molecule has 0 saturated carbocycles. The van der Waals surface area contributed by atoms with Crippen LogP contribution < -0.4 is 4.74 Å². The third-order valence-electron chi connectivity index (χ3n) is 2.10. The van der Waals surface area contributed by atoms with Gasteiger partial charge in [0.1, 0.15) is 5.75 Å². The average molecular weight is 283 g/mol. The van der Waals surface area contributed by atoms with E-state index in [1.807, 2.05) is 0 Å². The Labute approximate surface area is 114 Å². The number of halogens is 1. The summed E-state index contributed by atoms with van der Waals surface area (Å²) in [6.45, 7) is 2.01. The quantitative estimate of drug-likeness (QED) is 0.784. The van der Waals surface area contributed by atoms with Gasteiger partial charge in [0, 0.05) is 5.02 Å². The summed E-state index contributed by atoms with van der Waals surface area (Å²) in [5.41, 5.74) is 0. The number of carbonyl (C=O) groups is 1. The van der Waals surface area contributed by atoms with Crippen molar-refractivity contribution in [2.24, 2.45) is 0 Å². The molecule has 0 radical (unpaired) electrons. The van der Waals surface area contributed by atoms with Crippen molar-refractivity contribution in [3.8, 4) is 5.75 Å². The monoisotopic (exact) mass is 282 g/mol. The fraction of sp³-hybridized carbons (Fsp3) is 0.250. The van der Waals surface area contributed by atoms with Gasteiger partial charge in [0.05, 0.1) is 6.61 Å². The maximum Gasteiger partial charge on any atom is 0.379 e. The van der Waals surface area contributed by atoms with E-state index in [4.69, 9.17) is 25.6 Å². The largest absolute Gasteiger partial charge is 0.484 e. The molecule has 0 saturated heterocycles. The minimum Gasteiger partial charge on any atom is -0.484 e. The van der Waals surface area contributed by atoms with Gasteiger partial charge in [0.2, 0.25) is 0 Å². The second kappa shape index (κ2) is 6.19. The Balaban J connectivity index is 1.93. The summed E-state index contributed by atoms with van der Waals surface area (Å²) in [5, 5.41) is 4.12. The summed E-state index contributed by atoms with van der Waals surface area (Å²) >= 11 is 5.75. The molecule has 6 nitrogen and oxygen atoms in total. The number of rotatable bonds is 5. The van der Waals surface area contributed by atoms with Crippen molar-refractivity contribution in [1.29, 1.82) is 0 Å². The number of hydrogen-bond donors (Lipinski definition) is 0. The van der Waals surface area contributed by atoms with Crippen LogP contribution in [0, 0.1) is 0 Å². The minimum absolute atomic E-state index is 0.0635. The van der Waals surface area contributed by atoms with E-state index < -0.39 is 5.97 Å². The first-order valence-corrected chi connectivity index (χ1v) is 5.95. The van der Waals surface area contributed by atoms with E-state index in [0.717, 1.165) is 0 Å². The van der Waals surface area contributed by atoms with Crippen LogP contribution in [0.25, 0.3) is 0 Å². The molecule has 100 valence electrons. The highest BCUT2D eigenvalue weighted by Crippen LogP contribution is 2.16. The van der Waals surface area contributed by atoms with Crippen molar-refractivity contribution in [3.05, 3.63) is 41.0 Å². The van der Waals surface area contributed by atoms with Crippen LogP contribution in [0.1, 0.15) is 23.4 Å². The Hall–Kier alpha value is -2.08. The van der Waals surface area contributed by atoms with Crippen LogP contribution in [-0.2, 0) is 11.3 Å². The van der Waals surface area contributed by atoms with Gasteiger partial charge in [-0.25, -0.2) is 4.79 Å². The lowest BCUT2D eigenvalue weighted by Gasteiger charge is -2.02. The van der Waals surface area contributed by atoms with E-state index in [1.165, 1.54) is 0 Å². The Morgan fingerprint density at radius 2 is 2.11 bits per heavy atom. The highest BCUT2D eigenvalue weighted by molar-refractivity contribution is 6.30. The van der Waals surface area contributed by atoms with Crippen molar-refractivity contribution in [1.82, 2.24) is 10.1 Å². The molecule has 7 heteroatoms. The van der Waals surface area contributed by atoms with E-state index in [0.29, 0.717) is 10.8 Å². The summed E-state index contributed by atoms with van der Waals surface area (Å²) in [5.74, 6) is 0.0684. The minimum atomic E-state index is -0.621. The fourth-order valence-electron chi connectivity index (χ4n) is 1.27. The number of nitrogens with zero attached hydrogens (tertiary/aromatic N) is 2. The zero-order valence-corrected chi connectivity index (χ0v) is 10.9. The predicted octanol–water partition coefficient (Wildman–Crippen LogP) is 2.48. The second-order valence-electron chi connectivity index (χ2n) is 3.47. The molecule has 0 bridgehead atoms. The first-order chi connectivity index (χ1) is 9.19. The molecular formula is C12H11ClN2O4. The van der Waals surface area contributed by atoms with Crippen molar-refractivity contribution in [2.45, 2.75) is 13.5 Å². The Morgan fingerprint density at radius 1 is 1.37 bits per heavy atom. The maximum atomic E-state index is 11.3. The highest BCUT2D eigenvalue weighted by Gasteiger charge is 2.15. The first kappa shape index (κ1) is 13.4. The number of carbonyl (C=O) groups excluding carboxylic acids is 1. The zero-order valence-electron chi connectivity index (χ0n) is 10.1. The molecule has 0 aliphatic heterocycles. The summed E-state index contributed by atoms with van der Waals surface area (Å²) in [6, 6.07) is 6.83. The highest BCUT2D eigenvalue weighted by atomic mass is 35.5. The van der Waals surface area contributed by atoms with Gasteiger partial charge in [-0.1, -0.05) is 11.6 Å². The van der Waals surface area contributed by atoms with Crippen LogP contribution >= 0.6 is 11.6 Å². The summed E-state index contributed by atoms with van der Waals surface area (Å²) in [4.78, 5) is 15.2. The lowest BCUT2D eigenvalue weighted by Crippen LogP contribution is -2.07. The van der Waals surface area contributed by atoms with Crippen LogP contribution in [-0.4, -0.2) is 22.7 Å². The topological polar surface area (TPSA) is 74.5 Å². The average Bonchev–Trinajstić information content (AvgIpc) is 2.87. The van der Waals surface area contributed by atoms with E-state index in [1.54, 1.807) is 31.2 Å². The number of esters is 1. The second-order valence-corrected chi connectivity index (χ2v) is 3.91. The lowest BCUT2D eigenvalue weighted by molar-refractivity contribution is 0.0508. The number of aromatic nitrogens is 2. The zero-order chi connectivity index (χ0) is 13.7. The fourth-order valence-corrected chi connectivity index (χ4v) is 1.39.